The van der Waals surface area contributed by atoms with Gasteiger partial charge in [0.2, 0.25) is 10.0 Å². The lowest BCUT2D eigenvalue weighted by molar-refractivity contribution is 0.599. The van der Waals surface area contributed by atoms with E-state index in [-0.39, 0.29) is 12.3 Å². The van der Waals surface area contributed by atoms with Crippen molar-refractivity contribution in [2.45, 2.75) is 6.42 Å². The Morgan fingerprint density at radius 2 is 2.22 bits per heavy atom. The maximum absolute atomic E-state index is 11.9. The van der Waals surface area contributed by atoms with E-state index in [4.69, 9.17) is 17.3 Å². The van der Waals surface area contributed by atoms with Crippen molar-refractivity contribution in [3.8, 4) is 11.8 Å². The lowest BCUT2D eigenvalue weighted by atomic mass is 10.2. The second kappa shape index (κ2) is 5.19. The molecule has 18 heavy (non-hydrogen) atoms. The van der Waals surface area contributed by atoms with Gasteiger partial charge >= 0.3 is 0 Å². The van der Waals surface area contributed by atoms with Gasteiger partial charge in [-0.05, 0) is 24.6 Å². The second-order valence-electron chi connectivity index (χ2n) is 3.91. The van der Waals surface area contributed by atoms with Crippen LogP contribution < -0.4 is 10.0 Å². The molecule has 2 N–H and O–H groups in total. The van der Waals surface area contributed by atoms with Crippen molar-refractivity contribution in [1.82, 2.24) is 0 Å². The van der Waals surface area contributed by atoms with E-state index in [1.807, 2.05) is 0 Å². The third-order valence-electron chi connectivity index (χ3n) is 2.65. The van der Waals surface area contributed by atoms with Crippen LogP contribution in [-0.2, 0) is 10.0 Å². The van der Waals surface area contributed by atoms with Crippen LogP contribution in [0, 0.1) is 11.8 Å². The molecule has 0 atom stereocenters. The fraction of sp³-hybridized carbons (Fsp3) is 0.333. The summed E-state index contributed by atoms with van der Waals surface area (Å²) in [6.45, 7) is 0.703. The Hall–Kier alpha value is -1.22. The van der Waals surface area contributed by atoms with Crippen LogP contribution in [0.15, 0.2) is 18.2 Å². The molecule has 1 aromatic carbocycles. The van der Waals surface area contributed by atoms with E-state index in [9.17, 15) is 8.42 Å². The third-order valence-corrected chi connectivity index (χ3v) is 4.74. The van der Waals surface area contributed by atoms with Gasteiger partial charge in [-0.2, -0.15) is 0 Å². The molecule has 0 bridgehead atoms. The molecule has 1 heterocycles. The zero-order valence-electron chi connectivity index (χ0n) is 9.69. The number of sulfonamides is 1. The molecule has 1 aliphatic heterocycles. The Kier molecular flexibility index (Phi) is 3.81. The Balaban J connectivity index is 2.52. The number of hydrogen-bond acceptors (Lipinski definition) is 3. The van der Waals surface area contributed by atoms with Crippen molar-refractivity contribution >= 4 is 27.3 Å². The van der Waals surface area contributed by atoms with Gasteiger partial charge in [-0.3, -0.25) is 4.31 Å². The van der Waals surface area contributed by atoms with Gasteiger partial charge in [0.05, 0.1) is 18.0 Å². The molecule has 0 unspecified atom stereocenters. The molecule has 1 aliphatic rings. The number of benzene rings is 1. The Labute approximate surface area is 112 Å². The molecule has 2 rings (SSSR count). The highest BCUT2D eigenvalue weighted by Crippen LogP contribution is 2.29. The normalized spacial score (nSPS) is 17.3. The molecule has 96 valence electrons. The number of hydrogen-bond donors (Lipinski definition) is 1. The predicted octanol–water partition coefficient (Wildman–Crippen LogP) is 1.19. The van der Waals surface area contributed by atoms with Crippen molar-refractivity contribution in [2.24, 2.45) is 5.73 Å². The predicted molar refractivity (Wildman–Crippen MR) is 73.1 cm³/mol. The molecule has 0 radical (unpaired) electrons. The molecule has 0 spiro atoms. The summed E-state index contributed by atoms with van der Waals surface area (Å²) in [5.41, 5.74) is 6.51. The topological polar surface area (TPSA) is 63.4 Å². The number of nitrogens with zero attached hydrogens (tertiary/aromatic N) is 1. The number of anilines is 1. The highest BCUT2D eigenvalue weighted by molar-refractivity contribution is 7.93. The Morgan fingerprint density at radius 1 is 1.44 bits per heavy atom. The lowest BCUT2D eigenvalue weighted by Crippen LogP contribution is -2.25. The van der Waals surface area contributed by atoms with E-state index in [2.05, 4.69) is 11.8 Å². The smallest absolute Gasteiger partial charge is 0.235 e. The van der Waals surface area contributed by atoms with Gasteiger partial charge in [-0.25, -0.2) is 8.42 Å². The highest BCUT2D eigenvalue weighted by atomic mass is 35.5. The molecule has 0 aliphatic carbocycles. The van der Waals surface area contributed by atoms with E-state index in [1.165, 1.54) is 4.31 Å². The summed E-state index contributed by atoms with van der Waals surface area (Å²) in [4.78, 5) is 0. The summed E-state index contributed by atoms with van der Waals surface area (Å²) in [5, 5.41) is 0.491. The van der Waals surface area contributed by atoms with Crippen LogP contribution in [0.25, 0.3) is 0 Å². The van der Waals surface area contributed by atoms with Gasteiger partial charge in [0.1, 0.15) is 0 Å². The Morgan fingerprint density at radius 3 is 2.83 bits per heavy atom. The maximum atomic E-state index is 11.9. The lowest BCUT2D eigenvalue weighted by Gasteiger charge is -2.18. The fourth-order valence-corrected chi connectivity index (χ4v) is 3.61. The van der Waals surface area contributed by atoms with Gasteiger partial charge in [-0.15, -0.1) is 0 Å². The summed E-state index contributed by atoms with van der Waals surface area (Å²) in [5.74, 6) is 5.77. The number of nitrogens with two attached hydrogens (primary N) is 1. The van der Waals surface area contributed by atoms with Crippen molar-refractivity contribution < 1.29 is 8.42 Å². The van der Waals surface area contributed by atoms with Crippen molar-refractivity contribution in [3.05, 3.63) is 28.8 Å². The molecule has 4 nitrogen and oxygen atoms in total. The molecule has 0 aromatic heterocycles. The minimum absolute atomic E-state index is 0.170. The summed E-state index contributed by atoms with van der Waals surface area (Å²) >= 11 is 5.93. The second-order valence-corrected chi connectivity index (χ2v) is 6.36. The zero-order chi connectivity index (χ0) is 13.2. The van der Waals surface area contributed by atoms with E-state index < -0.39 is 10.0 Å². The first kappa shape index (κ1) is 13.2. The fourth-order valence-electron chi connectivity index (χ4n) is 1.87. The van der Waals surface area contributed by atoms with Crippen molar-refractivity contribution in [3.63, 3.8) is 0 Å². The molecular formula is C12H13ClN2O2S. The molecule has 0 amide bonds. The third kappa shape index (κ3) is 2.61. The average molecular weight is 285 g/mol. The van der Waals surface area contributed by atoms with E-state index >= 15 is 0 Å². The van der Waals surface area contributed by atoms with Crippen molar-refractivity contribution in [2.75, 3.05) is 23.1 Å². The summed E-state index contributed by atoms with van der Waals surface area (Å²) in [6, 6.07) is 5.04. The van der Waals surface area contributed by atoms with E-state index in [1.54, 1.807) is 18.2 Å². The first-order chi connectivity index (χ1) is 8.54. The monoisotopic (exact) mass is 284 g/mol. The first-order valence-electron chi connectivity index (χ1n) is 5.53. The van der Waals surface area contributed by atoms with Gasteiger partial charge in [-0.1, -0.05) is 23.4 Å². The number of rotatable bonds is 1. The molecule has 6 heteroatoms. The summed E-state index contributed by atoms with van der Waals surface area (Å²) < 4.78 is 25.2. The van der Waals surface area contributed by atoms with E-state index in [0.717, 1.165) is 0 Å². The maximum Gasteiger partial charge on any atom is 0.235 e. The molecule has 1 fully saturated rings. The van der Waals surface area contributed by atoms with Crippen molar-refractivity contribution in [1.29, 1.82) is 0 Å². The minimum Gasteiger partial charge on any atom is -0.320 e. The van der Waals surface area contributed by atoms with Crippen LogP contribution in [0.1, 0.15) is 12.0 Å². The number of halogens is 1. The van der Waals surface area contributed by atoms with Gasteiger partial charge in [0.15, 0.2) is 0 Å². The van der Waals surface area contributed by atoms with Crippen LogP contribution in [0.4, 0.5) is 5.69 Å². The van der Waals surface area contributed by atoms with Crippen LogP contribution in [-0.4, -0.2) is 27.3 Å². The SMILES string of the molecule is NCC#Cc1ccc(Cl)cc1N1CCCS1(=O)=O. The molecule has 1 aromatic rings. The Bertz CT molecular complexity index is 617. The van der Waals surface area contributed by atoms with Crippen LogP contribution >= 0.6 is 11.6 Å². The average Bonchev–Trinajstić information content (AvgIpc) is 2.67. The van der Waals surface area contributed by atoms with Crippen LogP contribution in [0.2, 0.25) is 5.02 Å². The minimum atomic E-state index is -3.23. The molecule has 1 saturated heterocycles. The first-order valence-corrected chi connectivity index (χ1v) is 7.52. The van der Waals surface area contributed by atoms with Gasteiger partial charge in [0, 0.05) is 17.1 Å². The summed E-state index contributed by atoms with van der Waals surface area (Å²) in [7, 11) is -3.23. The zero-order valence-corrected chi connectivity index (χ0v) is 11.3. The van der Waals surface area contributed by atoms with Crippen LogP contribution in [0.3, 0.4) is 0 Å². The standard InChI is InChI=1S/C12H13ClN2O2S/c13-11-5-4-10(3-1-6-14)12(9-11)15-7-2-8-18(15,16)17/h4-5,9H,2,6-8,14H2. The van der Waals surface area contributed by atoms with Gasteiger partial charge in [0.25, 0.3) is 0 Å². The summed E-state index contributed by atoms with van der Waals surface area (Å²) in [6.07, 6.45) is 0.624. The molecule has 0 saturated carbocycles. The molecular weight excluding hydrogens is 272 g/mol. The quantitative estimate of drug-likeness (QED) is 0.788. The highest BCUT2D eigenvalue weighted by Gasteiger charge is 2.29. The van der Waals surface area contributed by atoms with E-state index in [0.29, 0.717) is 29.2 Å². The van der Waals surface area contributed by atoms with Gasteiger partial charge < -0.3 is 5.73 Å². The van der Waals surface area contributed by atoms with Crippen LogP contribution in [0.5, 0.6) is 0 Å². The largest absolute Gasteiger partial charge is 0.320 e.